The van der Waals surface area contributed by atoms with Gasteiger partial charge in [-0.3, -0.25) is 15.0 Å². The summed E-state index contributed by atoms with van der Waals surface area (Å²) in [4.78, 5) is 26.3. The van der Waals surface area contributed by atoms with E-state index in [1.54, 1.807) is 0 Å². The van der Waals surface area contributed by atoms with Crippen LogP contribution in [0.3, 0.4) is 0 Å². The van der Waals surface area contributed by atoms with Gasteiger partial charge in [-0.1, -0.05) is 49.6 Å². The Balaban J connectivity index is 2.01. The lowest BCUT2D eigenvalue weighted by molar-refractivity contribution is -0.147. The summed E-state index contributed by atoms with van der Waals surface area (Å²) in [5.74, 6) is -0.773. The van der Waals surface area contributed by atoms with Crippen LogP contribution in [0.4, 0.5) is 0 Å². The Labute approximate surface area is 177 Å². The number of carbonyl (C=O) groups excluding carboxylic acids is 2. The molecule has 164 valence electrons. The predicted octanol–water partition coefficient (Wildman–Crippen LogP) is 0.234. The van der Waals surface area contributed by atoms with Crippen LogP contribution in [0.1, 0.15) is 50.5 Å². The second kappa shape index (κ2) is 12.2. The molecule has 1 atom stereocenters. The Morgan fingerprint density at radius 1 is 1.17 bits per heavy atom. The third-order valence-electron chi connectivity index (χ3n) is 5.40. The van der Waals surface area contributed by atoms with Crippen molar-refractivity contribution in [3.8, 4) is 0 Å². The number of benzene rings is 1. The van der Waals surface area contributed by atoms with Crippen molar-refractivity contribution in [3.05, 3.63) is 35.9 Å². The SMILES string of the molecule is N=C(N)NCCC[C@H](NC(=O)C1(C(=O)NCc2ccccc2)CCCCC1)OBO. The standard InChI is InChI=1S/C20H32BN5O4/c22-19(23)24-13-7-10-16(30-21-29)26-18(28)20(11-5-2-6-12-20)17(27)25-14-15-8-3-1-4-9-15/h1,3-4,8-9,16,21,29H,2,5-7,10-14H2,(H,25,27)(H,26,28)(H4,22,23,24)/t16-/m1/s1. The molecule has 0 spiro atoms. The summed E-state index contributed by atoms with van der Waals surface area (Å²) in [6, 6.07) is 9.57. The Morgan fingerprint density at radius 3 is 2.50 bits per heavy atom. The predicted molar refractivity (Wildman–Crippen MR) is 115 cm³/mol. The summed E-state index contributed by atoms with van der Waals surface area (Å²) in [5, 5.41) is 24.7. The van der Waals surface area contributed by atoms with Gasteiger partial charge in [-0.25, -0.2) is 0 Å². The first-order valence-electron chi connectivity index (χ1n) is 10.4. The molecule has 0 unspecified atom stereocenters. The average Bonchev–Trinajstić information content (AvgIpc) is 2.76. The van der Waals surface area contributed by atoms with E-state index in [1.165, 1.54) is 0 Å². The van der Waals surface area contributed by atoms with Gasteiger partial charge in [0.2, 0.25) is 11.8 Å². The Morgan fingerprint density at radius 2 is 1.87 bits per heavy atom. The van der Waals surface area contributed by atoms with Crippen LogP contribution in [0, 0.1) is 10.8 Å². The van der Waals surface area contributed by atoms with Crippen molar-refractivity contribution in [1.82, 2.24) is 16.0 Å². The van der Waals surface area contributed by atoms with Gasteiger partial charge < -0.3 is 31.4 Å². The molecule has 1 aliphatic rings. The van der Waals surface area contributed by atoms with Crippen molar-refractivity contribution < 1.29 is 19.3 Å². The Bertz CT molecular complexity index is 698. The summed E-state index contributed by atoms with van der Waals surface area (Å²) in [7, 11) is -0.543. The summed E-state index contributed by atoms with van der Waals surface area (Å²) in [6.45, 7) is 0.807. The minimum Gasteiger partial charge on any atom is -0.430 e. The maximum Gasteiger partial charge on any atom is 0.436 e. The van der Waals surface area contributed by atoms with Gasteiger partial charge >= 0.3 is 7.69 Å². The van der Waals surface area contributed by atoms with Crippen LogP contribution in [0.25, 0.3) is 0 Å². The number of hydrogen-bond acceptors (Lipinski definition) is 5. The molecular formula is C20H32BN5O4. The molecule has 1 aliphatic carbocycles. The first-order chi connectivity index (χ1) is 14.5. The molecule has 7 N–H and O–H groups in total. The Hall–Kier alpha value is -2.59. The molecule has 0 heterocycles. The van der Waals surface area contributed by atoms with E-state index < -0.39 is 19.3 Å². The van der Waals surface area contributed by atoms with Crippen molar-refractivity contribution in [3.63, 3.8) is 0 Å². The summed E-state index contributed by atoms with van der Waals surface area (Å²) < 4.78 is 5.24. The minimum absolute atomic E-state index is 0.130. The third-order valence-corrected chi connectivity index (χ3v) is 5.40. The normalized spacial score (nSPS) is 16.2. The quantitative estimate of drug-likeness (QED) is 0.0758. The van der Waals surface area contributed by atoms with E-state index in [0.29, 0.717) is 38.8 Å². The van der Waals surface area contributed by atoms with Crippen molar-refractivity contribution in [2.75, 3.05) is 6.54 Å². The van der Waals surface area contributed by atoms with E-state index in [0.717, 1.165) is 24.8 Å². The highest BCUT2D eigenvalue weighted by atomic mass is 16.5. The number of guanidine groups is 1. The smallest absolute Gasteiger partial charge is 0.430 e. The van der Waals surface area contributed by atoms with E-state index >= 15 is 0 Å². The van der Waals surface area contributed by atoms with Gasteiger partial charge in [0, 0.05) is 13.1 Å². The fourth-order valence-corrected chi connectivity index (χ4v) is 3.74. The third kappa shape index (κ3) is 7.03. The fourth-order valence-electron chi connectivity index (χ4n) is 3.74. The maximum atomic E-state index is 13.2. The zero-order chi connectivity index (χ0) is 21.8. The van der Waals surface area contributed by atoms with Crippen LogP contribution in [0.5, 0.6) is 0 Å². The van der Waals surface area contributed by atoms with E-state index in [-0.39, 0.29) is 17.8 Å². The highest BCUT2D eigenvalue weighted by Gasteiger charge is 2.46. The maximum absolute atomic E-state index is 13.2. The highest BCUT2D eigenvalue weighted by molar-refractivity contribution is 6.16. The number of amides is 2. The molecule has 0 aromatic heterocycles. The number of carbonyl (C=O) groups is 2. The van der Waals surface area contributed by atoms with E-state index in [2.05, 4.69) is 16.0 Å². The number of nitrogens with two attached hydrogens (primary N) is 1. The van der Waals surface area contributed by atoms with Crippen LogP contribution in [0.2, 0.25) is 0 Å². The molecule has 0 aliphatic heterocycles. The highest BCUT2D eigenvalue weighted by Crippen LogP contribution is 2.37. The summed E-state index contributed by atoms with van der Waals surface area (Å²) >= 11 is 0. The second-order valence-electron chi connectivity index (χ2n) is 7.55. The van der Waals surface area contributed by atoms with Gasteiger partial charge in [0.15, 0.2) is 5.96 Å². The molecule has 2 amide bonds. The molecule has 0 radical (unpaired) electrons. The number of hydrogen-bond donors (Lipinski definition) is 6. The molecule has 0 saturated heterocycles. The lowest BCUT2D eigenvalue weighted by atomic mass is 9.72. The van der Waals surface area contributed by atoms with Gasteiger partial charge in [-0.15, -0.1) is 0 Å². The lowest BCUT2D eigenvalue weighted by Gasteiger charge is -2.35. The van der Waals surface area contributed by atoms with Crippen LogP contribution in [0.15, 0.2) is 30.3 Å². The van der Waals surface area contributed by atoms with Gasteiger partial charge in [0.05, 0.1) is 0 Å². The lowest BCUT2D eigenvalue weighted by Crippen LogP contribution is -2.55. The first kappa shape index (κ1) is 23.7. The monoisotopic (exact) mass is 417 g/mol. The summed E-state index contributed by atoms with van der Waals surface area (Å²) in [5.41, 5.74) is 5.09. The van der Waals surface area contributed by atoms with Crippen LogP contribution in [-0.4, -0.2) is 43.3 Å². The average molecular weight is 417 g/mol. The van der Waals surface area contributed by atoms with Gasteiger partial charge in [0.1, 0.15) is 11.6 Å². The van der Waals surface area contributed by atoms with Crippen molar-refractivity contribution in [1.29, 1.82) is 5.41 Å². The largest absolute Gasteiger partial charge is 0.436 e. The minimum atomic E-state index is -1.14. The topological polar surface area (TPSA) is 150 Å². The molecule has 9 nitrogen and oxygen atoms in total. The zero-order valence-electron chi connectivity index (χ0n) is 17.3. The first-order valence-corrected chi connectivity index (χ1v) is 10.4. The van der Waals surface area contributed by atoms with E-state index in [4.69, 9.17) is 20.8 Å². The molecular weight excluding hydrogens is 385 g/mol. The van der Waals surface area contributed by atoms with Crippen molar-refractivity contribution in [2.45, 2.75) is 57.7 Å². The van der Waals surface area contributed by atoms with E-state index in [9.17, 15) is 9.59 Å². The second-order valence-corrected chi connectivity index (χ2v) is 7.55. The number of nitrogens with one attached hydrogen (secondary N) is 4. The van der Waals surface area contributed by atoms with Gasteiger partial charge in [-0.2, -0.15) is 0 Å². The molecule has 10 heteroatoms. The molecule has 1 aromatic carbocycles. The Kier molecular flexibility index (Phi) is 9.63. The molecule has 0 bridgehead atoms. The number of rotatable bonds is 11. The summed E-state index contributed by atoms with van der Waals surface area (Å²) in [6.07, 6.45) is 3.83. The van der Waals surface area contributed by atoms with Crippen molar-refractivity contribution >= 4 is 25.5 Å². The molecule has 1 saturated carbocycles. The molecule has 1 aromatic rings. The fraction of sp³-hybridized carbons (Fsp3) is 0.550. The van der Waals surface area contributed by atoms with Crippen LogP contribution >= 0.6 is 0 Å². The molecule has 1 fully saturated rings. The van der Waals surface area contributed by atoms with E-state index in [1.807, 2.05) is 30.3 Å². The van der Waals surface area contributed by atoms with Gasteiger partial charge in [0.25, 0.3) is 0 Å². The zero-order valence-corrected chi connectivity index (χ0v) is 17.3. The van der Waals surface area contributed by atoms with Crippen molar-refractivity contribution in [2.24, 2.45) is 11.1 Å². The molecule has 2 rings (SSSR count). The molecule has 30 heavy (non-hydrogen) atoms. The van der Waals surface area contributed by atoms with Crippen LogP contribution in [-0.2, 0) is 20.8 Å². The van der Waals surface area contributed by atoms with Crippen LogP contribution < -0.4 is 21.7 Å². The van der Waals surface area contributed by atoms with Gasteiger partial charge in [-0.05, 0) is 31.2 Å².